The Labute approximate surface area is 156 Å². The fraction of sp³-hybridized carbons (Fsp3) is 0.0625. The van der Waals surface area contributed by atoms with Gasteiger partial charge in [0.05, 0.1) is 17.7 Å². The van der Waals surface area contributed by atoms with Crippen molar-refractivity contribution in [3.8, 4) is 21.3 Å². The molecule has 0 saturated carbocycles. The zero-order valence-corrected chi connectivity index (χ0v) is 15.1. The number of carbonyl (C=O) groups is 1. The maximum atomic E-state index is 12.5. The Bertz CT molecular complexity index is 1030. The molecule has 3 heterocycles. The van der Waals surface area contributed by atoms with Crippen molar-refractivity contribution < 1.29 is 9.53 Å². The molecule has 0 bridgehead atoms. The van der Waals surface area contributed by atoms with Crippen LogP contribution in [0.2, 0.25) is 0 Å². The average Bonchev–Trinajstić information content (AvgIpc) is 3.43. The first kappa shape index (κ1) is 16.4. The summed E-state index contributed by atoms with van der Waals surface area (Å²) in [5, 5.41) is 18.5. The predicted molar refractivity (Wildman–Crippen MR) is 99.1 cm³/mol. The summed E-state index contributed by atoms with van der Waals surface area (Å²) in [5.74, 6) is 0.283. The lowest BCUT2D eigenvalue weighted by atomic mass is 10.2. The standard InChI is InChI=1S/C16H12N6O2S2/c1-24-12-6-10(5-11(7-12)22-9-17-20-21-22)18-15(23)13-8-26-16(19-13)14-3-2-4-25-14/h2-9H,1H3,(H,18,23). The van der Waals surface area contributed by atoms with Crippen molar-refractivity contribution in [2.24, 2.45) is 0 Å². The van der Waals surface area contributed by atoms with Gasteiger partial charge in [-0.2, -0.15) is 0 Å². The second-order valence-electron chi connectivity index (χ2n) is 5.14. The summed E-state index contributed by atoms with van der Waals surface area (Å²) >= 11 is 3.03. The van der Waals surface area contributed by atoms with Crippen molar-refractivity contribution in [1.29, 1.82) is 0 Å². The van der Waals surface area contributed by atoms with Gasteiger partial charge in [-0.25, -0.2) is 9.67 Å². The van der Waals surface area contributed by atoms with Crippen LogP contribution in [0.25, 0.3) is 15.6 Å². The van der Waals surface area contributed by atoms with E-state index < -0.39 is 0 Å². The summed E-state index contributed by atoms with van der Waals surface area (Å²) < 4.78 is 6.77. The monoisotopic (exact) mass is 384 g/mol. The van der Waals surface area contributed by atoms with E-state index in [1.165, 1.54) is 22.3 Å². The number of tetrazole rings is 1. The Kier molecular flexibility index (Phi) is 4.42. The molecule has 4 aromatic rings. The minimum Gasteiger partial charge on any atom is -0.497 e. The topological polar surface area (TPSA) is 94.8 Å². The number of nitrogens with zero attached hydrogens (tertiary/aromatic N) is 5. The summed E-state index contributed by atoms with van der Waals surface area (Å²) in [7, 11) is 1.55. The van der Waals surface area contributed by atoms with Gasteiger partial charge in [-0.15, -0.1) is 27.8 Å². The summed E-state index contributed by atoms with van der Waals surface area (Å²) in [6, 6.07) is 9.18. The molecule has 0 atom stereocenters. The third kappa shape index (κ3) is 3.32. The van der Waals surface area contributed by atoms with Gasteiger partial charge in [-0.1, -0.05) is 6.07 Å². The first-order valence-corrected chi connectivity index (χ1v) is 9.22. The minimum absolute atomic E-state index is 0.292. The zero-order chi connectivity index (χ0) is 17.9. The molecule has 1 aromatic carbocycles. The number of thiophene rings is 1. The van der Waals surface area contributed by atoms with Crippen LogP contribution >= 0.6 is 22.7 Å². The van der Waals surface area contributed by atoms with Crippen LogP contribution in [0, 0.1) is 0 Å². The Morgan fingerprint density at radius 3 is 2.92 bits per heavy atom. The van der Waals surface area contributed by atoms with Gasteiger partial charge >= 0.3 is 0 Å². The van der Waals surface area contributed by atoms with Crippen molar-refractivity contribution in [2.45, 2.75) is 0 Å². The number of rotatable bonds is 5. The van der Waals surface area contributed by atoms with Crippen LogP contribution in [0.4, 0.5) is 5.69 Å². The number of anilines is 1. The molecule has 8 nitrogen and oxygen atoms in total. The van der Waals surface area contributed by atoms with Crippen LogP contribution in [0.5, 0.6) is 5.75 Å². The van der Waals surface area contributed by atoms with E-state index in [4.69, 9.17) is 4.74 Å². The molecule has 1 N–H and O–H groups in total. The fourth-order valence-corrected chi connectivity index (χ4v) is 3.89. The van der Waals surface area contributed by atoms with Crippen molar-refractivity contribution in [3.63, 3.8) is 0 Å². The summed E-state index contributed by atoms with van der Waals surface area (Å²) in [6.45, 7) is 0. The van der Waals surface area contributed by atoms with E-state index in [1.807, 2.05) is 17.5 Å². The molecule has 3 aromatic heterocycles. The number of ether oxygens (including phenoxy) is 1. The molecule has 4 rings (SSSR count). The van der Waals surface area contributed by atoms with E-state index in [1.54, 1.807) is 42.0 Å². The molecule has 0 fully saturated rings. The molecule has 0 aliphatic heterocycles. The number of amides is 1. The van der Waals surface area contributed by atoms with Crippen molar-refractivity contribution in [3.05, 3.63) is 53.1 Å². The number of benzene rings is 1. The highest BCUT2D eigenvalue weighted by Crippen LogP contribution is 2.28. The van der Waals surface area contributed by atoms with E-state index in [-0.39, 0.29) is 5.91 Å². The van der Waals surface area contributed by atoms with Crippen molar-refractivity contribution in [1.82, 2.24) is 25.2 Å². The van der Waals surface area contributed by atoms with Crippen LogP contribution in [0.3, 0.4) is 0 Å². The minimum atomic E-state index is -0.292. The number of hydrogen-bond acceptors (Lipinski definition) is 8. The van der Waals surface area contributed by atoms with Gasteiger partial charge in [0, 0.05) is 23.2 Å². The number of nitrogens with one attached hydrogen (secondary N) is 1. The number of aromatic nitrogens is 5. The Hall–Kier alpha value is -3.11. The van der Waals surface area contributed by atoms with Gasteiger partial charge in [0.15, 0.2) is 0 Å². The molecule has 0 unspecified atom stereocenters. The third-order valence-corrected chi connectivity index (χ3v) is 5.35. The second-order valence-corrected chi connectivity index (χ2v) is 6.95. The number of thiazole rings is 1. The number of carbonyl (C=O) groups excluding carboxylic acids is 1. The molecule has 0 saturated heterocycles. The van der Waals surface area contributed by atoms with Crippen LogP contribution in [-0.4, -0.2) is 38.2 Å². The van der Waals surface area contributed by atoms with Gasteiger partial charge in [0.1, 0.15) is 22.8 Å². The predicted octanol–water partition coefficient (Wildman–Crippen LogP) is 3.11. The first-order valence-electron chi connectivity index (χ1n) is 7.46. The summed E-state index contributed by atoms with van der Waals surface area (Å²) in [6.07, 6.45) is 1.47. The van der Waals surface area contributed by atoms with E-state index in [0.717, 1.165) is 9.88 Å². The van der Waals surface area contributed by atoms with Gasteiger partial charge < -0.3 is 10.1 Å². The molecular weight excluding hydrogens is 372 g/mol. The van der Waals surface area contributed by atoms with Gasteiger partial charge in [-0.3, -0.25) is 4.79 Å². The van der Waals surface area contributed by atoms with Crippen LogP contribution in [0.1, 0.15) is 10.5 Å². The lowest BCUT2D eigenvalue weighted by Crippen LogP contribution is -2.12. The maximum Gasteiger partial charge on any atom is 0.275 e. The highest BCUT2D eigenvalue weighted by molar-refractivity contribution is 7.20. The van der Waals surface area contributed by atoms with E-state index in [0.29, 0.717) is 22.8 Å². The highest BCUT2D eigenvalue weighted by Gasteiger charge is 2.14. The van der Waals surface area contributed by atoms with E-state index >= 15 is 0 Å². The van der Waals surface area contributed by atoms with Crippen molar-refractivity contribution >= 4 is 34.3 Å². The SMILES string of the molecule is COc1cc(NC(=O)c2csc(-c3cccs3)n2)cc(-n2cnnn2)c1. The summed E-state index contributed by atoms with van der Waals surface area (Å²) in [4.78, 5) is 18.0. The molecule has 1 amide bonds. The Morgan fingerprint density at radius 2 is 2.19 bits per heavy atom. The molecule has 0 spiro atoms. The third-order valence-electron chi connectivity index (χ3n) is 3.47. The highest BCUT2D eigenvalue weighted by atomic mass is 32.1. The first-order chi connectivity index (χ1) is 12.7. The average molecular weight is 384 g/mol. The zero-order valence-electron chi connectivity index (χ0n) is 13.5. The van der Waals surface area contributed by atoms with Gasteiger partial charge in [0.2, 0.25) is 0 Å². The largest absolute Gasteiger partial charge is 0.497 e. The lowest BCUT2D eigenvalue weighted by molar-refractivity contribution is 0.102. The smallest absolute Gasteiger partial charge is 0.275 e. The molecule has 26 heavy (non-hydrogen) atoms. The van der Waals surface area contributed by atoms with Gasteiger partial charge in [-0.05, 0) is 27.9 Å². The Morgan fingerprint density at radius 1 is 1.27 bits per heavy atom. The number of hydrogen-bond donors (Lipinski definition) is 1. The quantitative estimate of drug-likeness (QED) is 0.568. The molecule has 0 radical (unpaired) electrons. The molecule has 130 valence electrons. The van der Waals surface area contributed by atoms with Crippen LogP contribution in [0.15, 0.2) is 47.4 Å². The maximum absolute atomic E-state index is 12.5. The molecule has 0 aliphatic carbocycles. The van der Waals surface area contributed by atoms with E-state index in [2.05, 4.69) is 25.8 Å². The van der Waals surface area contributed by atoms with Crippen LogP contribution in [-0.2, 0) is 0 Å². The van der Waals surface area contributed by atoms with E-state index in [9.17, 15) is 4.79 Å². The fourth-order valence-electron chi connectivity index (χ4n) is 2.27. The second kappa shape index (κ2) is 7.02. The number of methoxy groups -OCH3 is 1. The van der Waals surface area contributed by atoms with Crippen LogP contribution < -0.4 is 10.1 Å². The summed E-state index contributed by atoms with van der Waals surface area (Å²) in [5.41, 5.74) is 1.60. The molecule has 10 heteroatoms. The lowest BCUT2D eigenvalue weighted by Gasteiger charge is -2.09. The normalized spacial score (nSPS) is 10.7. The molecule has 0 aliphatic rings. The van der Waals surface area contributed by atoms with Gasteiger partial charge in [0.25, 0.3) is 5.91 Å². The van der Waals surface area contributed by atoms with Crippen molar-refractivity contribution in [2.75, 3.05) is 12.4 Å². The Balaban J connectivity index is 1.58. The molecular formula is C16H12N6O2S2.